The molecule has 1 atom stereocenters. The third-order valence-corrected chi connectivity index (χ3v) is 4.38. The molecule has 108 valence electrons. The van der Waals surface area contributed by atoms with Crippen LogP contribution in [0.25, 0.3) is 0 Å². The van der Waals surface area contributed by atoms with E-state index in [-0.39, 0.29) is 11.2 Å². The van der Waals surface area contributed by atoms with Crippen LogP contribution in [0.1, 0.15) is 33.6 Å². The maximum absolute atomic E-state index is 11.8. The standard InChI is InChI=1S/C11H23NO4S2/c1-11(2,3)6-8-18(15,16)12-9(10(13)14)5-7-17-4/h9,12H,5-8H2,1-4H3,(H,13,14)/t9-/m0/s1. The summed E-state index contributed by atoms with van der Waals surface area (Å²) in [5.74, 6) is -0.554. The zero-order valence-electron chi connectivity index (χ0n) is 11.4. The Morgan fingerprint density at radius 3 is 2.33 bits per heavy atom. The molecule has 18 heavy (non-hydrogen) atoms. The first kappa shape index (κ1) is 17.7. The number of hydrogen-bond acceptors (Lipinski definition) is 4. The number of sulfonamides is 1. The van der Waals surface area contributed by atoms with E-state index in [0.29, 0.717) is 18.6 Å². The van der Waals surface area contributed by atoms with Gasteiger partial charge in [0.25, 0.3) is 0 Å². The zero-order valence-corrected chi connectivity index (χ0v) is 13.0. The van der Waals surface area contributed by atoms with Crippen LogP contribution in [0.5, 0.6) is 0 Å². The van der Waals surface area contributed by atoms with E-state index >= 15 is 0 Å². The maximum atomic E-state index is 11.8. The second kappa shape index (κ2) is 7.35. The summed E-state index contributed by atoms with van der Waals surface area (Å²) in [6.07, 6.45) is 2.65. The smallest absolute Gasteiger partial charge is 0.321 e. The number of rotatable bonds is 8. The maximum Gasteiger partial charge on any atom is 0.321 e. The average Bonchev–Trinajstić information content (AvgIpc) is 2.20. The lowest BCUT2D eigenvalue weighted by Crippen LogP contribution is -2.42. The van der Waals surface area contributed by atoms with Crippen LogP contribution in [0.4, 0.5) is 0 Å². The van der Waals surface area contributed by atoms with Gasteiger partial charge in [0.15, 0.2) is 0 Å². The number of hydrogen-bond donors (Lipinski definition) is 2. The van der Waals surface area contributed by atoms with Crippen molar-refractivity contribution in [3.05, 3.63) is 0 Å². The highest BCUT2D eigenvalue weighted by Gasteiger charge is 2.24. The lowest BCUT2D eigenvalue weighted by molar-refractivity contribution is -0.139. The van der Waals surface area contributed by atoms with Crippen LogP contribution in [-0.2, 0) is 14.8 Å². The van der Waals surface area contributed by atoms with Crippen molar-refractivity contribution >= 4 is 27.8 Å². The van der Waals surface area contributed by atoms with E-state index in [4.69, 9.17) is 5.11 Å². The Morgan fingerprint density at radius 2 is 1.94 bits per heavy atom. The molecule has 0 spiro atoms. The first-order valence-corrected chi connectivity index (χ1v) is 8.84. The Bertz CT molecular complexity index is 360. The number of carboxylic acid groups (broad SMARTS) is 1. The summed E-state index contributed by atoms with van der Waals surface area (Å²) in [6.45, 7) is 5.85. The molecule has 0 aliphatic carbocycles. The second-order valence-electron chi connectivity index (χ2n) is 5.42. The highest BCUT2D eigenvalue weighted by Crippen LogP contribution is 2.19. The molecule has 2 N–H and O–H groups in total. The molecule has 0 aliphatic heterocycles. The molecule has 0 radical (unpaired) electrons. The van der Waals surface area contributed by atoms with E-state index in [0.717, 1.165) is 0 Å². The first-order chi connectivity index (χ1) is 8.07. The molecule has 0 heterocycles. The molecule has 0 aliphatic rings. The summed E-state index contributed by atoms with van der Waals surface area (Å²) >= 11 is 1.49. The minimum atomic E-state index is -3.53. The van der Waals surface area contributed by atoms with E-state index in [1.165, 1.54) is 11.8 Å². The van der Waals surface area contributed by atoms with Crippen LogP contribution in [0, 0.1) is 5.41 Å². The Balaban J connectivity index is 4.47. The Kier molecular flexibility index (Phi) is 7.24. The van der Waals surface area contributed by atoms with Gasteiger partial charge in [-0.2, -0.15) is 11.8 Å². The number of carbonyl (C=O) groups is 1. The summed E-state index contributed by atoms with van der Waals surface area (Å²) in [5.41, 5.74) is -0.0905. The van der Waals surface area contributed by atoms with Crippen molar-refractivity contribution < 1.29 is 18.3 Å². The van der Waals surface area contributed by atoms with Crippen LogP contribution in [0.3, 0.4) is 0 Å². The van der Waals surface area contributed by atoms with Crippen LogP contribution in [0.15, 0.2) is 0 Å². The monoisotopic (exact) mass is 297 g/mol. The predicted octanol–water partition coefficient (Wildman–Crippen LogP) is 1.55. The van der Waals surface area contributed by atoms with Gasteiger partial charge < -0.3 is 5.11 Å². The van der Waals surface area contributed by atoms with Gasteiger partial charge in [0, 0.05) is 0 Å². The van der Waals surface area contributed by atoms with Gasteiger partial charge in [-0.05, 0) is 30.3 Å². The van der Waals surface area contributed by atoms with E-state index in [1.54, 1.807) is 0 Å². The lowest BCUT2D eigenvalue weighted by atomic mass is 9.94. The van der Waals surface area contributed by atoms with E-state index < -0.39 is 22.0 Å². The van der Waals surface area contributed by atoms with Crippen LogP contribution in [0.2, 0.25) is 0 Å². The molecule has 0 saturated heterocycles. The summed E-state index contributed by atoms with van der Waals surface area (Å²) in [5, 5.41) is 8.96. The van der Waals surface area contributed by atoms with Crippen molar-refractivity contribution in [2.24, 2.45) is 5.41 Å². The number of aliphatic carboxylic acids is 1. The molecule has 0 saturated carbocycles. The van der Waals surface area contributed by atoms with Crippen molar-refractivity contribution in [1.29, 1.82) is 0 Å². The summed E-state index contributed by atoms with van der Waals surface area (Å²) in [6, 6.07) is -1.03. The Labute approximate surface area is 114 Å². The number of nitrogens with one attached hydrogen (secondary N) is 1. The van der Waals surface area contributed by atoms with Crippen molar-refractivity contribution in [3.63, 3.8) is 0 Å². The quantitative estimate of drug-likeness (QED) is 0.710. The molecule has 0 unspecified atom stereocenters. The Morgan fingerprint density at radius 1 is 1.39 bits per heavy atom. The van der Waals surface area contributed by atoms with Gasteiger partial charge in [0.2, 0.25) is 10.0 Å². The molecule has 5 nitrogen and oxygen atoms in total. The van der Waals surface area contributed by atoms with Gasteiger partial charge in [0.05, 0.1) is 5.75 Å². The highest BCUT2D eigenvalue weighted by molar-refractivity contribution is 7.98. The number of carboxylic acids is 1. The molecule has 0 fully saturated rings. The molecule has 0 aromatic carbocycles. The van der Waals surface area contributed by atoms with Crippen molar-refractivity contribution in [3.8, 4) is 0 Å². The van der Waals surface area contributed by atoms with E-state index in [2.05, 4.69) is 4.72 Å². The normalized spacial score (nSPS) is 14.4. The Hall–Kier alpha value is -0.270. The van der Waals surface area contributed by atoms with Crippen molar-refractivity contribution in [2.75, 3.05) is 17.8 Å². The van der Waals surface area contributed by atoms with Gasteiger partial charge in [-0.25, -0.2) is 13.1 Å². The molecular weight excluding hydrogens is 274 g/mol. The molecule has 0 rings (SSSR count). The van der Waals surface area contributed by atoms with Crippen LogP contribution < -0.4 is 4.72 Å². The molecule has 0 amide bonds. The van der Waals surface area contributed by atoms with Crippen molar-refractivity contribution in [2.45, 2.75) is 39.7 Å². The van der Waals surface area contributed by atoms with Gasteiger partial charge in [0.1, 0.15) is 6.04 Å². The van der Waals surface area contributed by atoms with E-state index in [9.17, 15) is 13.2 Å². The fourth-order valence-corrected chi connectivity index (χ4v) is 3.31. The molecular formula is C11H23NO4S2. The molecule has 0 aromatic rings. The van der Waals surface area contributed by atoms with Crippen LogP contribution in [-0.4, -0.2) is 43.3 Å². The second-order valence-corrected chi connectivity index (χ2v) is 8.28. The van der Waals surface area contributed by atoms with E-state index in [1.807, 2.05) is 27.0 Å². The third-order valence-electron chi connectivity index (χ3n) is 2.35. The molecule has 0 aromatic heterocycles. The largest absolute Gasteiger partial charge is 0.480 e. The number of thioether (sulfide) groups is 1. The van der Waals surface area contributed by atoms with Gasteiger partial charge in [-0.1, -0.05) is 20.8 Å². The SMILES string of the molecule is CSCC[C@H](NS(=O)(=O)CCC(C)(C)C)C(=O)O. The van der Waals surface area contributed by atoms with Crippen LogP contribution >= 0.6 is 11.8 Å². The zero-order chi connectivity index (χ0) is 14.4. The first-order valence-electron chi connectivity index (χ1n) is 5.79. The molecule has 7 heteroatoms. The van der Waals surface area contributed by atoms with Gasteiger partial charge >= 0.3 is 5.97 Å². The minimum Gasteiger partial charge on any atom is -0.480 e. The fourth-order valence-electron chi connectivity index (χ4n) is 1.18. The fraction of sp³-hybridized carbons (Fsp3) is 0.909. The lowest BCUT2D eigenvalue weighted by Gasteiger charge is -2.19. The highest BCUT2D eigenvalue weighted by atomic mass is 32.2. The van der Waals surface area contributed by atoms with Gasteiger partial charge in [-0.3, -0.25) is 4.79 Å². The topological polar surface area (TPSA) is 83.5 Å². The predicted molar refractivity (Wildman–Crippen MR) is 75.4 cm³/mol. The molecule has 0 bridgehead atoms. The van der Waals surface area contributed by atoms with Crippen molar-refractivity contribution in [1.82, 2.24) is 4.72 Å². The van der Waals surface area contributed by atoms with Gasteiger partial charge in [-0.15, -0.1) is 0 Å². The summed E-state index contributed by atoms with van der Waals surface area (Å²) in [4.78, 5) is 10.9. The average molecular weight is 297 g/mol. The summed E-state index contributed by atoms with van der Waals surface area (Å²) in [7, 11) is -3.53. The summed E-state index contributed by atoms with van der Waals surface area (Å²) < 4.78 is 25.8. The third kappa shape index (κ3) is 8.77. The minimum absolute atomic E-state index is 0.0421.